The number of aryl methyl sites for hydroxylation is 1. The second-order valence-electron chi connectivity index (χ2n) is 5.85. The van der Waals surface area contributed by atoms with Gasteiger partial charge in [0.05, 0.1) is 53.8 Å². The van der Waals surface area contributed by atoms with Gasteiger partial charge in [0.1, 0.15) is 11.4 Å². The summed E-state index contributed by atoms with van der Waals surface area (Å²) in [5, 5.41) is 0.663. The molecule has 0 N–H and O–H groups in total. The molecule has 7 nitrogen and oxygen atoms in total. The minimum atomic E-state index is -0.665. The first kappa shape index (κ1) is 17.5. The van der Waals surface area contributed by atoms with E-state index in [1.165, 1.54) is 22.4 Å². The lowest BCUT2D eigenvalue weighted by Crippen LogP contribution is -2.22. The summed E-state index contributed by atoms with van der Waals surface area (Å²) >= 11 is 3.46. The van der Waals surface area contributed by atoms with Crippen LogP contribution in [-0.4, -0.2) is 33.3 Å². The van der Waals surface area contributed by atoms with Crippen molar-refractivity contribution >= 4 is 37.9 Å². The van der Waals surface area contributed by atoms with E-state index in [1.54, 1.807) is 32.5 Å². The van der Waals surface area contributed by atoms with E-state index in [0.717, 1.165) is 6.20 Å². The van der Waals surface area contributed by atoms with Crippen LogP contribution in [-0.2, 0) is 7.05 Å². The fourth-order valence-corrected chi connectivity index (χ4v) is 3.64. The molecular weight excluding hydrogens is 419 g/mol. The van der Waals surface area contributed by atoms with Crippen LogP contribution in [0.4, 0.5) is 4.39 Å². The predicted octanol–water partition coefficient (Wildman–Crippen LogP) is 3.19. The molecule has 4 aromatic rings. The van der Waals surface area contributed by atoms with Gasteiger partial charge in [-0.15, -0.1) is 0 Å². The van der Waals surface area contributed by atoms with E-state index >= 15 is 0 Å². The zero-order chi connectivity index (χ0) is 19.3. The Bertz CT molecular complexity index is 1270. The van der Waals surface area contributed by atoms with Gasteiger partial charge in [-0.1, -0.05) is 0 Å². The summed E-state index contributed by atoms with van der Waals surface area (Å²) in [6.07, 6.45) is 3.99. The highest BCUT2D eigenvalue weighted by molar-refractivity contribution is 9.10. The number of fused-ring (bicyclic) bond motifs is 3. The molecule has 0 aliphatic carbocycles. The molecule has 0 aliphatic rings. The fourth-order valence-electron chi connectivity index (χ4n) is 3.14. The fraction of sp³-hybridized carbons (Fsp3) is 0.167. The monoisotopic (exact) mass is 432 g/mol. The average Bonchev–Trinajstić information content (AvgIpc) is 2.92. The first-order chi connectivity index (χ1) is 13.0. The molecule has 3 heterocycles. The Kier molecular flexibility index (Phi) is 4.11. The summed E-state index contributed by atoms with van der Waals surface area (Å²) in [4.78, 5) is 21.2. The summed E-state index contributed by atoms with van der Waals surface area (Å²) in [6.45, 7) is 0. The maximum atomic E-state index is 14.7. The van der Waals surface area contributed by atoms with Gasteiger partial charge in [0.2, 0.25) is 0 Å². The normalized spacial score (nSPS) is 11.3. The molecule has 0 amide bonds. The topological polar surface area (TPSA) is 71.2 Å². The summed E-state index contributed by atoms with van der Waals surface area (Å²) in [6, 6.07) is 3.55. The Morgan fingerprint density at radius 2 is 1.85 bits per heavy atom. The van der Waals surface area contributed by atoms with Gasteiger partial charge in [-0.3, -0.25) is 19.1 Å². The number of ether oxygens (including phenoxy) is 2. The van der Waals surface area contributed by atoms with E-state index in [-0.39, 0.29) is 11.4 Å². The molecule has 27 heavy (non-hydrogen) atoms. The number of benzene rings is 1. The van der Waals surface area contributed by atoms with Crippen molar-refractivity contribution < 1.29 is 13.9 Å². The molecule has 0 saturated heterocycles. The maximum absolute atomic E-state index is 14.7. The number of hydrogen-bond acceptors (Lipinski definition) is 5. The molecule has 9 heteroatoms. The van der Waals surface area contributed by atoms with Gasteiger partial charge >= 0.3 is 5.69 Å². The predicted molar refractivity (Wildman–Crippen MR) is 102 cm³/mol. The Hall–Kier alpha value is -2.94. The molecule has 0 unspecified atom stereocenters. The van der Waals surface area contributed by atoms with Crippen LogP contribution in [0.2, 0.25) is 0 Å². The van der Waals surface area contributed by atoms with Gasteiger partial charge < -0.3 is 9.47 Å². The van der Waals surface area contributed by atoms with E-state index in [1.807, 2.05) is 0 Å². The van der Waals surface area contributed by atoms with Gasteiger partial charge in [0, 0.05) is 18.5 Å². The van der Waals surface area contributed by atoms with Crippen molar-refractivity contribution in [1.82, 2.24) is 19.1 Å². The van der Waals surface area contributed by atoms with Crippen molar-refractivity contribution in [2.24, 2.45) is 7.05 Å². The quantitative estimate of drug-likeness (QED) is 0.497. The zero-order valence-corrected chi connectivity index (χ0v) is 16.2. The highest BCUT2D eigenvalue weighted by Gasteiger charge is 2.22. The number of aromatic nitrogens is 4. The third-order valence-corrected chi connectivity index (χ3v) is 5.06. The highest BCUT2D eigenvalue weighted by atomic mass is 79.9. The number of hydrogen-bond donors (Lipinski definition) is 0. The SMILES string of the molecule is COc1cc2ncc3c(c2cc1Br)n(-c1c(F)cncc1OC)c(=O)n3C. The Morgan fingerprint density at radius 1 is 1.11 bits per heavy atom. The standard InChI is InChI=1S/C18H14BrFN4O3/c1-23-13-7-22-12-5-14(26-2)10(19)4-9(12)16(13)24(18(23)25)17-11(20)6-21-8-15(17)27-3/h4-8H,1-3H3. The molecule has 0 fully saturated rings. The number of methoxy groups -OCH3 is 2. The Morgan fingerprint density at radius 3 is 2.56 bits per heavy atom. The Balaban J connectivity index is 2.24. The van der Waals surface area contributed by atoms with Crippen molar-refractivity contribution in [3.8, 4) is 17.2 Å². The van der Waals surface area contributed by atoms with Crippen LogP contribution in [0.15, 0.2) is 40.0 Å². The minimum Gasteiger partial charge on any atom is -0.495 e. The second-order valence-corrected chi connectivity index (χ2v) is 6.70. The summed E-state index contributed by atoms with van der Waals surface area (Å²) in [5.74, 6) is 0.0930. The smallest absolute Gasteiger partial charge is 0.333 e. The lowest BCUT2D eigenvalue weighted by atomic mass is 10.1. The van der Waals surface area contributed by atoms with Crippen molar-refractivity contribution in [2.75, 3.05) is 14.2 Å². The molecule has 0 aliphatic heterocycles. The second kappa shape index (κ2) is 6.34. The number of halogens is 2. The van der Waals surface area contributed by atoms with Gasteiger partial charge in [0.25, 0.3) is 0 Å². The van der Waals surface area contributed by atoms with E-state index < -0.39 is 11.5 Å². The number of imidazole rings is 1. The highest BCUT2D eigenvalue weighted by Crippen LogP contribution is 2.35. The molecule has 4 rings (SSSR count). The summed E-state index contributed by atoms with van der Waals surface area (Å²) < 4.78 is 28.6. The van der Waals surface area contributed by atoms with Crippen LogP contribution >= 0.6 is 15.9 Å². The minimum absolute atomic E-state index is 0.00235. The number of rotatable bonds is 3. The summed E-state index contributed by atoms with van der Waals surface area (Å²) in [7, 11) is 4.57. The van der Waals surface area contributed by atoms with Crippen molar-refractivity contribution in [3.05, 3.63) is 51.5 Å². The van der Waals surface area contributed by atoms with E-state index in [9.17, 15) is 9.18 Å². The van der Waals surface area contributed by atoms with Crippen LogP contribution in [0.1, 0.15) is 0 Å². The van der Waals surface area contributed by atoms with Crippen LogP contribution < -0.4 is 15.2 Å². The maximum Gasteiger partial charge on any atom is 0.333 e. The molecule has 138 valence electrons. The third kappa shape index (κ3) is 2.49. The average molecular weight is 433 g/mol. The zero-order valence-electron chi connectivity index (χ0n) is 14.7. The van der Waals surface area contributed by atoms with Crippen molar-refractivity contribution in [2.45, 2.75) is 0 Å². The molecule has 1 aromatic carbocycles. The number of pyridine rings is 2. The van der Waals surface area contributed by atoms with E-state index in [2.05, 4.69) is 25.9 Å². The van der Waals surface area contributed by atoms with Crippen LogP contribution in [0.3, 0.4) is 0 Å². The Labute approximate surface area is 161 Å². The van der Waals surface area contributed by atoms with Gasteiger partial charge in [0.15, 0.2) is 11.6 Å². The molecule has 3 aromatic heterocycles. The molecule has 0 bridgehead atoms. The number of nitrogens with zero attached hydrogens (tertiary/aromatic N) is 4. The largest absolute Gasteiger partial charge is 0.495 e. The van der Waals surface area contributed by atoms with Crippen LogP contribution in [0.25, 0.3) is 27.6 Å². The van der Waals surface area contributed by atoms with Gasteiger partial charge in [-0.2, -0.15) is 0 Å². The van der Waals surface area contributed by atoms with E-state index in [0.29, 0.717) is 32.2 Å². The molecular formula is C18H14BrFN4O3. The van der Waals surface area contributed by atoms with Gasteiger partial charge in [-0.05, 0) is 22.0 Å². The van der Waals surface area contributed by atoms with Crippen molar-refractivity contribution in [3.63, 3.8) is 0 Å². The van der Waals surface area contributed by atoms with E-state index in [4.69, 9.17) is 9.47 Å². The molecule has 0 saturated carbocycles. The lowest BCUT2D eigenvalue weighted by molar-refractivity contribution is 0.406. The lowest BCUT2D eigenvalue weighted by Gasteiger charge is -2.11. The first-order valence-electron chi connectivity index (χ1n) is 7.89. The summed E-state index contributed by atoms with van der Waals surface area (Å²) in [5.41, 5.74) is 1.26. The van der Waals surface area contributed by atoms with Crippen molar-refractivity contribution in [1.29, 1.82) is 0 Å². The molecule has 0 spiro atoms. The first-order valence-corrected chi connectivity index (χ1v) is 8.68. The van der Waals surface area contributed by atoms with Crippen LogP contribution in [0.5, 0.6) is 11.5 Å². The molecule has 0 radical (unpaired) electrons. The molecule has 0 atom stereocenters. The third-order valence-electron chi connectivity index (χ3n) is 4.44. The van der Waals surface area contributed by atoms with Crippen LogP contribution in [0, 0.1) is 5.82 Å². The van der Waals surface area contributed by atoms with Gasteiger partial charge in [-0.25, -0.2) is 9.18 Å².